The molecule has 2 N–H and O–H groups in total. The molecule has 1 saturated heterocycles. The Balaban J connectivity index is 1.52. The Kier molecular flexibility index (Phi) is 5.45. The molecule has 0 spiro atoms. The van der Waals surface area contributed by atoms with Gasteiger partial charge in [0.05, 0.1) is 36.3 Å². The maximum Gasteiger partial charge on any atom is 0.319 e. The highest BCUT2D eigenvalue weighted by Gasteiger charge is 2.22. The number of pyridine rings is 2. The lowest BCUT2D eigenvalue weighted by atomic mass is 10.2. The first-order chi connectivity index (χ1) is 12.1. The van der Waals surface area contributed by atoms with E-state index in [0.717, 1.165) is 24.6 Å². The maximum absolute atomic E-state index is 12.0. The van der Waals surface area contributed by atoms with Gasteiger partial charge in [-0.3, -0.25) is 4.98 Å². The summed E-state index contributed by atoms with van der Waals surface area (Å²) >= 11 is 0. The van der Waals surface area contributed by atoms with Gasteiger partial charge in [-0.25, -0.2) is 9.78 Å². The number of rotatable bonds is 4. The highest BCUT2D eigenvalue weighted by atomic mass is 16.5. The van der Waals surface area contributed by atoms with Gasteiger partial charge in [0, 0.05) is 19.3 Å². The Morgan fingerprint density at radius 1 is 1.20 bits per heavy atom. The van der Waals surface area contributed by atoms with Crippen LogP contribution in [0.25, 0.3) is 0 Å². The van der Waals surface area contributed by atoms with E-state index < -0.39 is 0 Å². The Hall–Kier alpha value is -2.67. The Labute approximate surface area is 147 Å². The van der Waals surface area contributed by atoms with Crippen molar-refractivity contribution in [2.75, 3.05) is 23.3 Å². The Bertz CT molecular complexity index is 682. The van der Waals surface area contributed by atoms with E-state index in [4.69, 9.17) is 4.74 Å². The third-order valence-electron chi connectivity index (χ3n) is 3.91. The number of nitrogens with one attached hydrogen (secondary N) is 2. The fourth-order valence-corrected chi connectivity index (χ4v) is 2.86. The standard InChI is InChI=1S/C18H23N5O2/c1-13-11-23(12-14(2)25-13)17-7-6-16(10-20-17)22-18(24)21-9-15-5-3-4-8-19-15/h3-8,10,13-14H,9,11-12H2,1-2H3,(H2,21,22,24). The lowest BCUT2D eigenvalue weighted by molar-refractivity contribution is -0.00545. The smallest absolute Gasteiger partial charge is 0.319 e. The fourth-order valence-electron chi connectivity index (χ4n) is 2.86. The van der Waals surface area contributed by atoms with Gasteiger partial charge < -0.3 is 20.3 Å². The normalized spacial score (nSPS) is 20.2. The average Bonchev–Trinajstić information content (AvgIpc) is 2.61. The maximum atomic E-state index is 12.0. The molecule has 7 heteroatoms. The second kappa shape index (κ2) is 7.94. The molecular formula is C18H23N5O2. The van der Waals surface area contributed by atoms with Crippen molar-refractivity contribution >= 4 is 17.5 Å². The predicted molar refractivity (Wildman–Crippen MR) is 96.6 cm³/mol. The van der Waals surface area contributed by atoms with E-state index in [9.17, 15) is 4.79 Å². The molecule has 2 atom stereocenters. The van der Waals surface area contributed by atoms with Crippen LogP contribution in [0.4, 0.5) is 16.3 Å². The largest absolute Gasteiger partial charge is 0.372 e. The van der Waals surface area contributed by atoms with Crippen molar-refractivity contribution in [3.8, 4) is 0 Å². The zero-order valence-corrected chi connectivity index (χ0v) is 14.5. The molecule has 2 amide bonds. The van der Waals surface area contributed by atoms with E-state index in [1.165, 1.54) is 0 Å². The molecule has 3 heterocycles. The first kappa shape index (κ1) is 17.2. The minimum atomic E-state index is -0.283. The summed E-state index contributed by atoms with van der Waals surface area (Å²) in [5.41, 5.74) is 1.46. The summed E-state index contributed by atoms with van der Waals surface area (Å²) in [6.45, 7) is 6.13. The Morgan fingerprint density at radius 2 is 2.00 bits per heavy atom. The summed E-state index contributed by atoms with van der Waals surface area (Å²) in [5.74, 6) is 0.890. The molecule has 0 bridgehead atoms. The van der Waals surface area contributed by atoms with E-state index in [2.05, 4.69) is 39.3 Å². The van der Waals surface area contributed by atoms with Crippen LogP contribution in [0, 0.1) is 0 Å². The van der Waals surface area contributed by atoms with Crippen LogP contribution < -0.4 is 15.5 Å². The van der Waals surface area contributed by atoms with Crippen molar-refractivity contribution in [1.82, 2.24) is 15.3 Å². The second-order valence-corrected chi connectivity index (χ2v) is 6.20. The van der Waals surface area contributed by atoms with E-state index in [1.807, 2.05) is 30.3 Å². The summed E-state index contributed by atoms with van der Waals surface area (Å²) in [5, 5.41) is 5.55. The minimum absolute atomic E-state index is 0.181. The number of nitrogens with zero attached hydrogens (tertiary/aromatic N) is 3. The van der Waals surface area contributed by atoms with Crippen molar-refractivity contribution in [2.24, 2.45) is 0 Å². The fraction of sp³-hybridized carbons (Fsp3) is 0.389. The van der Waals surface area contributed by atoms with Crippen LogP contribution in [0.15, 0.2) is 42.7 Å². The monoisotopic (exact) mass is 341 g/mol. The number of urea groups is 1. The van der Waals surface area contributed by atoms with Crippen molar-refractivity contribution in [2.45, 2.75) is 32.6 Å². The number of morpholine rings is 1. The highest BCUT2D eigenvalue weighted by molar-refractivity contribution is 5.89. The SMILES string of the molecule is CC1CN(c2ccc(NC(=O)NCc3ccccn3)cn2)CC(C)O1. The Morgan fingerprint density at radius 3 is 2.64 bits per heavy atom. The number of carbonyl (C=O) groups excluding carboxylic acids is 1. The van der Waals surface area contributed by atoms with Crippen LogP contribution in [0.1, 0.15) is 19.5 Å². The van der Waals surface area contributed by atoms with Crippen molar-refractivity contribution in [3.05, 3.63) is 48.4 Å². The van der Waals surface area contributed by atoms with Gasteiger partial charge in [-0.15, -0.1) is 0 Å². The number of ether oxygens (including phenoxy) is 1. The van der Waals surface area contributed by atoms with Crippen molar-refractivity contribution in [1.29, 1.82) is 0 Å². The molecule has 132 valence electrons. The van der Waals surface area contributed by atoms with Crippen molar-refractivity contribution < 1.29 is 9.53 Å². The molecule has 2 aromatic heterocycles. The number of hydrogen-bond donors (Lipinski definition) is 2. The molecule has 1 fully saturated rings. The van der Waals surface area contributed by atoms with Crippen LogP contribution in [0.2, 0.25) is 0 Å². The molecule has 1 aliphatic rings. The van der Waals surface area contributed by atoms with Crippen LogP contribution in [0.5, 0.6) is 0 Å². The lowest BCUT2D eigenvalue weighted by Gasteiger charge is -2.36. The van der Waals surface area contributed by atoms with Crippen LogP contribution >= 0.6 is 0 Å². The third kappa shape index (κ3) is 4.90. The number of amides is 2. The molecule has 0 aromatic carbocycles. The van der Waals surface area contributed by atoms with Gasteiger partial charge in [0.15, 0.2) is 0 Å². The molecular weight excluding hydrogens is 318 g/mol. The lowest BCUT2D eigenvalue weighted by Crippen LogP contribution is -2.45. The molecule has 0 aliphatic carbocycles. The number of aromatic nitrogens is 2. The van der Waals surface area contributed by atoms with E-state index in [0.29, 0.717) is 12.2 Å². The van der Waals surface area contributed by atoms with E-state index in [-0.39, 0.29) is 18.2 Å². The summed E-state index contributed by atoms with van der Waals surface area (Å²) in [7, 11) is 0. The molecule has 2 aromatic rings. The second-order valence-electron chi connectivity index (χ2n) is 6.20. The van der Waals surface area contributed by atoms with Crippen LogP contribution in [0.3, 0.4) is 0 Å². The minimum Gasteiger partial charge on any atom is -0.372 e. The third-order valence-corrected chi connectivity index (χ3v) is 3.91. The number of anilines is 2. The predicted octanol–water partition coefficient (Wildman–Crippen LogP) is 2.41. The van der Waals surface area contributed by atoms with Gasteiger partial charge in [-0.2, -0.15) is 0 Å². The van der Waals surface area contributed by atoms with E-state index in [1.54, 1.807) is 12.4 Å². The zero-order valence-electron chi connectivity index (χ0n) is 14.5. The molecule has 3 rings (SSSR count). The van der Waals surface area contributed by atoms with Gasteiger partial charge in [0.25, 0.3) is 0 Å². The van der Waals surface area contributed by atoms with Gasteiger partial charge in [0.1, 0.15) is 5.82 Å². The molecule has 0 saturated carbocycles. The molecule has 0 radical (unpaired) electrons. The quantitative estimate of drug-likeness (QED) is 0.893. The van der Waals surface area contributed by atoms with Gasteiger partial charge >= 0.3 is 6.03 Å². The number of hydrogen-bond acceptors (Lipinski definition) is 5. The molecule has 25 heavy (non-hydrogen) atoms. The van der Waals surface area contributed by atoms with Gasteiger partial charge in [0.2, 0.25) is 0 Å². The summed E-state index contributed by atoms with van der Waals surface area (Å²) in [6.07, 6.45) is 3.73. The van der Waals surface area contributed by atoms with Crippen LogP contribution in [-0.2, 0) is 11.3 Å². The summed E-state index contributed by atoms with van der Waals surface area (Å²) in [4.78, 5) is 22.8. The highest BCUT2D eigenvalue weighted by Crippen LogP contribution is 2.19. The molecule has 2 unspecified atom stereocenters. The topological polar surface area (TPSA) is 79.4 Å². The van der Waals surface area contributed by atoms with E-state index >= 15 is 0 Å². The zero-order chi connectivity index (χ0) is 17.6. The molecule has 7 nitrogen and oxygen atoms in total. The number of carbonyl (C=O) groups is 1. The van der Waals surface area contributed by atoms with Gasteiger partial charge in [-0.1, -0.05) is 6.07 Å². The van der Waals surface area contributed by atoms with Gasteiger partial charge in [-0.05, 0) is 38.1 Å². The average molecular weight is 341 g/mol. The van der Waals surface area contributed by atoms with Crippen LogP contribution in [-0.4, -0.2) is 41.3 Å². The molecule has 1 aliphatic heterocycles. The summed E-state index contributed by atoms with van der Waals surface area (Å²) < 4.78 is 5.74. The summed E-state index contributed by atoms with van der Waals surface area (Å²) in [6, 6.07) is 9.08. The van der Waals surface area contributed by atoms with Crippen molar-refractivity contribution in [3.63, 3.8) is 0 Å². The first-order valence-electron chi connectivity index (χ1n) is 8.41. The first-order valence-corrected chi connectivity index (χ1v) is 8.41.